The molecule has 1 unspecified atom stereocenters. The zero-order chi connectivity index (χ0) is 7.65. The smallest absolute Gasteiger partial charge is 0.125 e. The molecule has 0 radical (unpaired) electrons. The van der Waals surface area contributed by atoms with E-state index in [4.69, 9.17) is 0 Å². The third-order valence-corrected chi connectivity index (χ3v) is 2.16. The molecule has 0 aliphatic rings. The Balaban J connectivity index is 4.06. The number of alkyl halides is 3. The fraction of sp³-hybridized carbons (Fsp3) is 1.00. The van der Waals surface area contributed by atoms with Gasteiger partial charge >= 0.3 is 13.7 Å². The van der Waals surface area contributed by atoms with Gasteiger partial charge in [0.25, 0.3) is 0 Å². The molecule has 0 saturated heterocycles. The van der Waals surface area contributed by atoms with Crippen LogP contribution in [0.5, 0.6) is 0 Å². The SMILES string of the molecule is CC(C)[P+](=O)C(F)(F)F. The molecule has 0 aliphatic heterocycles. The van der Waals surface area contributed by atoms with Crippen LogP contribution in [0.1, 0.15) is 13.8 Å². The van der Waals surface area contributed by atoms with Crippen LogP contribution >= 0.6 is 7.80 Å². The Hall–Kier alpha value is -0.110. The van der Waals surface area contributed by atoms with Crippen LogP contribution in [-0.2, 0) is 4.57 Å². The summed E-state index contributed by atoms with van der Waals surface area (Å²) in [6.07, 6.45) is 0. The predicted molar refractivity (Wildman–Crippen MR) is 28.8 cm³/mol. The van der Waals surface area contributed by atoms with Gasteiger partial charge in [0.05, 0.1) is 0 Å². The highest BCUT2D eigenvalue weighted by molar-refractivity contribution is 7.46. The zero-order valence-electron chi connectivity index (χ0n) is 5.07. The Labute approximate surface area is 52.0 Å². The maximum atomic E-state index is 11.4. The topological polar surface area (TPSA) is 17.1 Å². The first kappa shape index (κ1) is 8.89. The Morgan fingerprint density at radius 2 is 1.67 bits per heavy atom. The van der Waals surface area contributed by atoms with Gasteiger partial charge in [-0.05, 0) is 13.8 Å². The van der Waals surface area contributed by atoms with Crippen molar-refractivity contribution in [3.63, 3.8) is 0 Å². The largest absolute Gasteiger partial charge is 0.605 e. The molecule has 1 atom stereocenters. The van der Waals surface area contributed by atoms with E-state index in [2.05, 4.69) is 0 Å². The van der Waals surface area contributed by atoms with Crippen LogP contribution in [0.2, 0.25) is 0 Å². The van der Waals surface area contributed by atoms with E-state index in [1.807, 2.05) is 0 Å². The third kappa shape index (κ3) is 2.80. The normalized spacial score (nSPS) is 14.2. The molecule has 0 rings (SSSR count). The lowest BCUT2D eigenvalue weighted by Crippen LogP contribution is -2.05. The van der Waals surface area contributed by atoms with Crippen molar-refractivity contribution in [2.24, 2.45) is 0 Å². The molecular formula is C4H7F3OP+. The number of halogens is 3. The summed E-state index contributed by atoms with van der Waals surface area (Å²) in [6.45, 7) is 2.57. The van der Waals surface area contributed by atoms with Crippen molar-refractivity contribution in [2.45, 2.75) is 25.4 Å². The second-order valence-electron chi connectivity index (χ2n) is 1.89. The van der Waals surface area contributed by atoms with Crippen LogP contribution in [-0.4, -0.2) is 11.6 Å². The van der Waals surface area contributed by atoms with E-state index in [1.54, 1.807) is 0 Å². The van der Waals surface area contributed by atoms with E-state index in [9.17, 15) is 17.7 Å². The summed E-state index contributed by atoms with van der Waals surface area (Å²) in [4.78, 5) is 0. The van der Waals surface area contributed by atoms with E-state index in [0.29, 0.717) is 0 Å². The summed E-state index contributed by atoms with van der Waals surface area (Å²) in [5.74, 6) is -4.51. The molecule has 0 amide bonds. The van der Waals surface area contributed by atoms with Gasteiger partial charge in [-0.2, -0.15) is 0 Å². The van der Waals surface area contributed by atoms with Crippen molar-refractivity contribution in [1.82, 2.24) is 0 Å². The van der Waals surface area contributed by atoms with Gasteiger partial charge < -0.3 is 0 Å². The number of hydrogen-bond donors (Lipinski definition) is 0. The van der Waals surface area contributed by atoms with Gasteiger partial charge in [0.1, 0.15) is 0 Å². The molecule has 9 heavy (non-hydrogen) atoms. The Morgan fingerprint density at radius 3 is 1.67 bits per heavy atom. The highest BCUT2D eigenvalue weighted by Crippen LogP contribution is 2.46. The highest BCUT2D eigenvalue weighted by Gasteiger charge is 2.54. The fourth-order valence-electron chi connectivity index (χ4n) is 0.293. The standard InChI is InChI=1S/C4H7F3OP/c1-3(2)9(8)4(5,6)7/h3H,1-2H3/q+1. The maximum absolute atomic E-state index is 11.4. The minimum Gasteiger partial charge on any atom is -0.125 e. The first-order valence-electron chi connectivity index (χ1n) is 2.39. The summed E-state index contributed by atoms with van der Waals surface area (Å²) in [7, 11) is -3.03. The predicted octanol–water partition coefficient (Wildman–Crippen LogP) is 2.74. The molecular weight excluding hydrogens is 152 g/mol. The number of hydrogen-bond acceptors (Lipinski definition) is 1. The summed E-state index contributed by atoms with van der Waals surface area (Å²) in [5, 5.41) is 0. The van der Waals surface area contributed by atoms with Crippen molar-refractivity contribution in [2.75, 3.05) is 0 Å². The summed E-state index contributed by atoms with van der Waals surface area (Å²) in [5.41, 5.74) is -0.806. The molecule has 0 aliphatic carbocycles. The molecule has 1 nitrogen and oxygen atoms in total. The fourth-order valence-corrected chi connectivity index (χ4v) is 0.878. The second-order valence-corrected chi connectivity index (χ2v) is 4.08. The van der Waals surface area contributed by atoms with Gasteiger partial charge in [-0.1, -0.05) is 4.57 Å². The molecule has 0 saturated carbocycles. The van der Waals surface area contributed by atoms with Gasteiger partial charge in [0, 0.05) is 0 Å². The molecule has 0 aromatic heterocycles. The van der Waals surface area contributed by atoms with Crippen molar-refractivity contribution in [3.8, 4) is 0 Å². The summed E-state index contributed by atoms with van der Waals surface area (Å²) < 4.78 is 44.4. The summed E-state index contributed by atoms with van der Waals surface area (Å²) >= 11 is 0. The van der Waals surface area contributed by atoms with E-state index in [0.717, 1.165) is 0 Å². The quantitative estimate of drug-likeness (QED) is 0.537. The Bertz CT molecular complexity index is 117. The molecule has 0 spiro atoms. The van der Waals surface area contributed by atoms with Crippen LogP contribution in [0.25, 0.3) is 0 Å². The Morgan fingerprint density at radius 1 is 1.33 bits per heavy atom. The molecule has 0 aromatic rings. The minimum absolute atomic E-state index is 0.806. The average Bonchev–Trinajstić information content (AvgIpc) is 1.62. The van der Waals surface area contributed by atoms with E-state index < -0.39 is 19.4 Å². The lowest BCUT2D eigenvalue weighted by atomic mass is 10.6. The molecule has 5 heteroatoms. The highest BCUT2D eigenvalue weighted by atomic mass is 31.1. The summed E-state index contributed by atoms with van der Waals surface area (Å²) in [6, 6.07) is 0. The van der Waals surface area contributed by atoms with E-state index in [-0.39, 0.29) is 0 Å². The lowest BCUT2D eigenvalue weighted by molar-refractivity contribution is -0.0432. The molecule has 0 aromatic carbocycles. The zero-order valence-corrected chi connectivity index (χ0v) is 5.96. The second kappa shape index (κ2) is 2.65. The van der Waals surface area contributed by atoms with Crippen molar-refractivity contribution in [3.05, 3.63) is 0 Å². The first-order chi connectivity index (χ1) is 3.85. The van der Waals surface area contributed by atoms with Crippen molar-refractivity contribution < 1.29 is 17.7 Å². The molecule has 0 fully saturated rings. The molecule has 0 heterocycles. The maximum Gasteiger partial charge on any atom is 0.605 e. The van der Waals surface area contributed by atoms with Crippen LogP contribution in [0.4, 0.5) is 13.2 Å². The third-order valence-electron chi connectivity index (χ3n) is 0.719. The number of rotatable bonds is 1. The minimum atomic E-state index is -4.51. The first-order valence-corrected chi connectivity index (χ1v) is 3.71. The van der Waals surface area contributed by atoms with Crippen LogP contribution in [0.3, 0.4) is 0 Å². The van der Waals surface area contributed by atoms with Crippen molar-refractivity contribution >= 4 is 7.80 Å². The lowest BCUT2D eigenvalue weighted by Gasteiger charge is -1.93. The van der Waals surface area contributed by atoms with Gasteiger partial charge in [-0.3, -0.25) is 0 Å². The van der Waals surface area contributed by atoms with Gasteiger partial charge in [-0.25, -0.2) is 0 Å². The molecule has 54 valence electrons. The molecule has 0 bridgehead atoms. The van der Waals surface area contributed by atoms with Crippen LogP contribution in [0, 0.1) is 0 Å². The van der Waals surface area contributed by atoms with E-state index in [1.165, 1.54) is 13.8 Å². The molecule has 0 N–H and O–H groups in total. The van der Waals surface area contributed by atoms with Crippen LogP contribution in [0.15, 0.2) is 0 Å². The average molecular weight is 159 g/mol. The van der Waals surface area contributed by atoms with Crippen LogP contribution < -0.4 is 0 Å². The monoisotopic (exact) mass is 159 g/mol. The van der Waals surface area contributed by atoms with E-state index >= 15 is 0 Å². The van der Waals surface area contributed by atoms with Gasteiger partial charge in [0.15, 0.2) is 5.66 Å². The van der Waals surface area contributed by atoms with Crippen molar-refractivity contribution in [1.29, 1.82) is 0 Å². The Kier molecular flexibility index (Phi) is 2.62. The van der Waals surface area contributed by atoms with Gasteiger partial charge in [-0.15, -0.1) is 13.2 Å². The van der Waals surface area contributed by atoms with Gasteiger partial charge in [0.2, 0.25) is 0 Å².